The van der Waals surface area contributed by atoms with Crippen molar-refractivity contribution in [2.75, 3.05) is 6.61 Å². The maximum atomic E-state index is 14.1. The van der Waals surface area contributed by atoms with Crippen molar-refractivity contribution in [2.24, 2.45) is 11.8 Å². The molecule has 2 aliphatic rings. The molecule has 0 heterocycles. The molecule has 0 aliphatic heterocycles. The summed E-state index contributed by atoms with van der Waals surface area (Å²) in [7, 11) is -1.47. The van der Waals surface area contributed by atoms with Gasteiger partial charge in [0, 0.05) is 8.77 Å². The van der Waals surface area contributed by atoms with Crippen LogP contribution in [0.5, 0.6) is 5.75 Å². The van der Waals surface area contributed by atoms with E-state index >= 15 is 0 Å². The van der Waals surface area contributed by atoms with Crippen molar-refractivity contribution in [1.29, 1.82) is 0 Å². The van der Waals surface area contributed by atoms with Crippen LogP contribution in [0.1, 0.15) is 28.2 Å². The van der Waals surface area contributed by atoms with Crippen LogP contribution < -0.4 is 10.2 Å². The molecule has 0 saturated heterocycles. The molecule has 116 valence electrons. The van der Waals surface area contributed by atoms with Gasteiger partial charge in [0.25, 0.3) is 0 Å². The van der Waals surface area contributed by atoms with Gasteiger partial charge >= 0.3 is 7.12 Å². The lowest BCUT2D eigenvalue weighted by Crippen LogP contribution is -2.29. The Balaban J connectivity index is 0.00000132. The Morgan fingerprint density at radius 2 is 2.24 bits per heavy atom. The van der Waals surface area contributed by atoms with Gasteiger partial charge in [-0.1, -0.05) is 25.1 Å². The van der Waals surface area contributed by atoms with E-state index in [0.29, 0.717) is 18.5 Å². The van der Waals surface area contributed by atoms with Crippen molar-refractivity contribution in [3.63, 3.8) is 0 Å². The van der Waals surface area contributed by atoms with Crippen LogP contribution in [0.3, 0.4) is 0 Å². The Morgan fingerprint density at radius 1 is 1.48 bits per heavy atom. The van der Waals surface area contributed by atoms with Crippen LogP contribution in [-0.2, 0) is 0 Å². The molecule has 0 bridgehead atoms. The highest BCUT2D eigenvalue weighted by Gasteiger charge is 2.59. The minimum atomic E-state index is -1.47. The third-order valence-electron chi connectivity index (χ3n) is 4.72. The molecule has 2 aliphatic carbocycles. The molecule has 1 aromatic carbocycles. The molecule has 1 aromatic rings. The second kappa shape index (κ2) is 5.14. The van der Waals surface area contributed by atoms with Gasteiger partial charge in [0.2, 0.25) is 0 Å². The highest BCUT2D eigenvalue weighted by atomic mass is 19.1. The number of halogens is 1. The molecule has 0 radical (unpaired) electrons. The number of rotatable bonds is 4. The van der Waals surface area contributed by atoms with Crippen molar-refractivity contribution in [1.82, 2.24) is 0 Å². The Kier molecular flexibility index (Phi) is 3.58. The lowest BCUT2D eigenvalue weighted by atomic mass is 9.79. The number of fused-ring (bicyclic) bond motifs is 1. The maximum absolute atomic E-state index is 14.1. The topological polar surface area (TPSA) is 49.7 Å². The largest absolute Gasteiger partial charge is 0.489 e. The molecule has 2 N–H and O–H groups in total. The van der Waals surface area contributed by atoms with Crippen LogP contribution in [0.25, 0.3) is 0 Å². The molecule has 0 spiro atoms. The van der Waals surface area contributed by atoms with Crippen LogP contribution in [-0.4, -0.2) is 29.4 Å². The van der Waals surface area contributed by atoms with Crippen molar-refractivity contribution >= 4 is 12.6 Å². The minimum Gasteiger partial charge on any atom is -0.489 e. The van der Waals surface area contributed by atoms with Gasteiger partial charge in [-0.15, -0.1) is 0 Å². The zero-order chi connectivity index (χ0) is 15.2. The zero-order valence-electron chi connectivity index (χ0n) is 12.3. The normalized spacial score (nSPS) is 30.4. The fourth-order valence-electron chi connectivity index (χ4n) is 3.23. The summed E-state index contributed by atoms with van der Waals surface area (Å²) in [6.45, 7) is 4.31. The average molecular weight is 294 g/mol. The summed E-state index contributed by atoms with van der Waals surface area (Å²) in [6.07, 6.45) is 3.43. The monoisotopic (exact) mass is 294 g/mol. The Morgan fingerprint density at radius 3 is 2.86 bits per heavy atom. The van der Waals surface area contributed by atoms with E-state index in [4.69, 9.17) is 14.8 Å². The zero-order valence-corrected chi connectivity index (χ0v) is 12.3. The molecule has 3 atom stereocenters. The fraction of sp³-hybridized carbons (Fsp3) is 0.500. The molecule has 1 saturated carbocycles. The van der Waals surface area contributed by atoms with E-state index in [9.17, 15) is 4.39 Å². The highest BCUT2D eigenvalue weighted by Crippen LogP contribution is 2.58. The first-order valence-electron chi connectivity index (χ1n) is 7.38. The van der Waals surface area contributed by atoms with Crippen LogP contribution in [0.2, 0.25) is 0 Å². The molecule has 5 heteroatoms. The SMILES string of the molecule is Cc1cc(B(O)O)ccc1OCC1=CC2CC2(F)C(C)C1.[HH].[HH]. The van der Waals surface area contributed by atoms with Crippen molar-refractivity contribution in [3.8, 4) is 5.75 Å². The molecule has 0 aromatic heterocycles. The quantitative estimate of drug-likeness (QED) is 0.661. The van der Waals surface area contributed by atoms with Gasteiger partial charge < -0.3 is 14.8 Å². The van der Waals surface area contributed by atoms with E-state index in [0.717, 1.165) is 23.3 Å². The van der Waals surface area contributed by atoms with Gasteiger partial charge in [-0.05, 0) is 48.3 Å². The molecular weight excluding hydrogens is 270 g/mol. The average Bonchev–Trinajstić information content (AvgIpc) is 3.10. The summed E-state index contributed by atoms with van der Waals surface area (Å²) >= 11 is 0. The summed E-state index contributed by atoms with van der Waals surface area (Å²) < 4.78 is 19.9. The van der Waals surface area contributed by atoms with Crippen molar-refractivity contribution < 1.29 is 22.0 Å². The predicted octanol–water partition coefficient (Wildman–Crippen LogP) is 2.24. The predicted molar refractivity (Wildman–Crippen MR) is 84.5 cm³/mol. The summed E-state index contributed by atoms with van der Waals surface area (Å²) in [6, 6.07) is 5.08. The maximum Gasteiger partial charge on any atom is 0.488 e. The van der Waals surface area contributed by atoms with Crippen LogP contribution in [0, 0.1) is 18.8 Å². The van der Waals surface area contributed by atoms with Crippen LogP contribution >= 0.6 is 0 Å². The second-order valence-electron chi connectivity index (χ2n) is 6.35. The molecular formula is C16H24BFO3. The van der Waals surface area contributed by atoms with E-state index < -0.39 is 12.8 Å². The van der Waals surface area contributed by atoms with E-state index in [1.54, 1.807) is 18.2 Å². The molecule has 21 heavy (non-hydrogen) atoms. The number of benzene rings is 1. The van der Waals surface area contributed by atoms with Crippen molar-refractivity contribution in [2.45, 2.75) is 32.4 Å². The van der Waals surface area contributed by atoms with E-state index in [1.807, 2.05) is 19.9 Å². The van der Waals surface area contributed by atoms with Gasteiger partial charge in [-0.3, -0.25) is 0 Å². The molecule has 0 amide bonds. The van der Waals surface area contributed by atoms with E-state index in [2.05, 4.69) is 0 Å². The lowest BCUT2D eigenvalue weighted by molar-refractivity contribution is 0.187. The van der Waals surface area contributed by atoms with Gasteiger partial charge in [-0.2, -0.15) is 0 Å². The Bertz CT molecular complexity index is 597. The molecule has 3 nitrogen and oxygen atoms in total. The fourth-order valence-corrected chi connectivity index (χ4v) is 3.23. The number of allylic oxidation sites excluding steroid dienone is 1. The van der Waals surface area contributed by atoms with Gasteiger partial charge in [-0.25, -0.2) is 4.39 Å². The van der Waals surface area contributed by atoms with Crippen LogP contribution in [0.15, 0.2) is 29.8 Å². The standard InChI is InChI=1S/C16H20BFO3.2H2/c1-10-5-14(17(19)20)3-4-15(10)21-9-12-6-11(2)16(18)8-13(16)7-12;;/h3-5,7,11,13,19-20H,6,8-9H2,1-2H3;2*1H. The molecule has 3 unspecified atom stereocenters. The number of aryl methyl sites for hydroxylation is 1. The number of alkyl halides is 1. The third kappa shape index (κ3) is 2.72. The van der Waals surface area contributed by atoms with E-state index in [-0.39, 0.29) is 14.7 Å². The Hall–Kier alpha value is -1.33. The third-order valence-corrected chi connectivity index (χ3v) is 4.72. The minimum absolute atomic E-state index is 0. The van der Waals surface area contributed by atoms with Crippen LogP contribution in [0.4, 0.5) is 4.39 Å². The van der Waals surface area contributed by atoms with Gasteiger partial charge in [0.15, 0.2) is 0 Å². The van der Waals surface area contributed by atoms with E-state index in [1.165, 1.54) is 0 Å². The first kappa shape index (κ1) is 14.6. The number of ether oxygens (including phenoxy) is 1. The second-order valence-corrected chi connectivity index (χ2v) is 6.35. The smallest absolute Gasteiger partial charge is 0.488 e. The highest BCUT2D eigenvalue weighted by molar-refractivity contribution is 6.58. The van der Waals surface area contributed by atoms with Gasteiger partial charge in [0.1, 0.15) is 18.0 Å². The summed E-state index contributed by atoms with van der Waals surface area (Å²) in [5, 5.41) is 18.3. The van der Waals surface area contributed by atoms with Gasteiger partial charge in [0.05, 0.1) is 0 Å². The first-order chi connectivity index (χ1) is 9.90. The summed E-state index contributed by atoms with van der Waals surface area (Å²) in [4.78, 5) is 0. The lowest BCUT2D eigenvalue weighted by Gasteiger charge is -2.23. The van der Waals surface area contributed by atoms with Crippen molar-refractivity contribution in [3.05, 3.63) is 35.4 Å². The summed E-state index contributed by atoms with van der Waals surface area (Å²) in [5.74, 6) is 0.868. The number of hydrogen-bond donors (Lipinski definition) is 2. The molecule has 3 rings (SSSR count). The molecule has 1 fully saturated rings. The first-order valence-corrected chi connectivity index (χ1v) is 7.38. The summed E-state index contributed by atoms with van der Waals surface area (Å²) in [5.41, 5.74) is 1.50. The Labute approximate surface area is 127 Å². The number of hydrogen-bond acceptors (Lipinski definition) is 3.